The minimum atomic E-state index is -5.08. The highest BCUT2D eigenvalue weighted by molar-refractivity contribution is 7.80. The van der Waals surface area contributed by atoms with E-state index in [1.165, 1.54) is 18.2 Å². The van der Waals surface area contributed by atoms with E-state index in [9.17, 15) is 14.0 Å². The summed E-state index contributed by atoms with van der Waals surface area (Å²) in [6, 6.07) is 5.21. The van der Waals surface area contributed by atoms with Gasteiger partial charge < -0.3 is 25.7 Å². The van der Waals surface area contributed by atoms with Crippen LogP contribution in [0.15, 0.2) is 24.3 Å². The van der Waals surface area contributed by atoms with Gasteiger partial charge in [0.25, 0.3) is 0 Å². The van der Waals surface area contributed by atoms with E-state index in [0.717, 1.165) is 6.07 Å². The Hall–Kier alpha value is -0.790. The number of hydrogen-bond acceptors (Lipinski definition) is 4. The van der Waals surface area contributed by atoms with E-state index in [1.807, 2.05) is 0 Å². The largest absolute Gasteiger partial charge is 0.477 e. The summed E-state index contributed by atoms with van der Waals surface area (Å²) < 4.78 is 26.0. The predicted octanol–water partition coefficient (Wildman–Crippen LogP) is 0.262. The van der Waals surface area contributed by atoms with Gasteiger partial charge in [0, 0.05) is 5.69 Å². The zero-order valence-corrected chi connectivity index (χ0v) is 11.4. The van der Waals surface area contributed by atoms with Gasteiger partial charge >= 0.3 is 15.4 Å². The second-order valence-corrected chi connectivity index (χ2v) is 6.76. The quantitative estimate of drug-likeness (QED) is 0.391. The van der Waals surface area contributed by atoms with Gasteiger partial charge in [-0.1, -0.05) is 6.07 Å². The molecule has 0 radical (unpaired) electrons. The lowest BCUT2D eigenvalue weighted by atomic mass is 10.3. The van der Waals surface area contributed by atoms with Crippen LogP contribution in [-0.4, -0.2) is 19.8 Å². The van der Waals surface area contributed by atoms with Crippen molar-refractivity contribution in [2.24, 2.45) is 5.73 Å². The number of thiocarbonyl (C=S) groups is 1. The lowest BCUT2D eigenvalue weighted by Gasteiger charge is -2.13. The Morgan fingerprint density at radius 2 is 1.94 bits per heavy atom. The summed E-state index contributed by atoms with van der Waals surface area (Å²) >= 11 is 4.58. The van der Waals surface area contributed by atoms with Crippen molar-refractivity contribution in [3.8, 4) is 0 Å². The zero-order valence-electron chi connectivity index (χ0n) is 8.76. The number of phosphoric acid groups is 1. The number of nitrogens with one attached hydrogen (secondary N) is 1. The molecule has 1 aromatic rings. The maximum atomic E-state index is 11.6. The molecule has 0 fully saturated rings. The van der Waals surface area contributed by atoms with E-state index in [0.29, 0.717) is 5.69 Å². The number of anilines is 1. The third-order valence-corrected chi connectivity index (χ3v) is 4.43. The van der Waals surface area contributed by atoms with Crippen molar-refractivity contribution in [1.82, 2.24) is 0 Å². The van der Waals surface area contributed by atoms with Crippen molar-refractivity contribution in [1.29, 1.82) is 0 Å². The first-order valence-corrected chi connectivity index (χ1v) is 7.88. The van der Waals surface area contributed by atoms with Crippen LogP contribution < -0.4 is 16.4 Å². The molecule has 8 nitrogen and oxygen atoms in total. The van der Waals surface area contributed by atoms with Crippen LogP contribution in [0.5, 0.6) is 0 Å². The summed E-state index contributed by atoms with van der Waals surface area (Å²) in [5, 5.41) is 2.15. The molecule has 0 spiro atoms. The fourth-order valence-corrected chi connectivity index (χ4v) is 3.32. The highest BCUT2D eigenvalue weighted by Crippen LogP contribution is 2.56. The van der Waals surface area contributed by atoms with Gasteiger partial charge in [-0.3, -0.25) is 4.57 Å². The Bertz CT molecular complexity index is 559. The summed E-state index contributed by atoms with van der Waals surface area (Å²) in [5.41, 5.74) is 5.51. The summed E-state index contributed by atoms with van der Waals surface area (Å²) in [5.74, 6) is 0. The molecule has 1 atom stereocenters. The van der Waals surface area contributed by atoms with Gasteiger partial charge in [-0.25, -0.2) is 8.88 Å². The molecule has 0 heterocycles. The molecule has 100 valence electrons. The van der Waals surface area contributed by atoms with Crippen LogP contribution in [0.3, 0.4) is 0 Å². The second kappa shape index (κ2) is 5.46. The minimum absolute atomic E-state index is 0.0594. The predicted molar refractivity (Wildman–Crippen MR) is 69.4 cm³/mol. The monoisotopic (exact) mass is 312 g/mol. The molecule has 0 bridgehead atoms. The topological polar surface area (TPSA) is 142 Å². The Morgan fingerprint density at radius 3 is 2.44 bits per heavy atom. The van der Waals surface area contributed by atoms with Crippen molar-refractivity contribution in [2.45, 2.75) is 0 Å². The maximum Gasteiger partial charge on any atom is 0.477 e. The average Bonchev–Trinajstić information content (AvgIpc) is 2.13. The Kier molecular flexibility index (Phi) is 4.63. The molecule has 0 amide bonds. The Morgan fingerprint density at radius 1 is 1.33 bits per heavy atom. The van der Waals surface area contributed by atoms with Crippen LogP contribution in [0.1, 0.15) is 0 Å². The minimum Gasteiger partial charge on any atom is -0.376 e. The highest BCUT2D eigenvalue weighted by atomic mass is 32.1. The summed E-state index contributed by atoms with van der Waals surface area (Å²) in [4.78, 5) is 26.5. The van der Waals surface area contributed by atoms with Gasteiger partial charge in [0.05, 0.1) is 5.30 Å². The van der Waals surface area contributed by atoms with Crippen LogP contribution in [0.2, 0.25) is 0 Å². The summed E-state index contributed by atoms with van der Waals surface area (Å²) in [7, 11) is -9.70. The van der Waals surface area contributed by atoms with Gasteiger partial charge in [0.1, 0.15) is 0 Å². The van der Waals surface area contributed by atoms with E-state index >= 15 is 0 Å². The SMILES string of the molecule is NC(=S)Nc1cccc(P(=O)(O)OP(=O)(O)O)c1. The first-order valence-electron chi connectivity index (χ1n) is 4.37. The Balaban J connectivity index is 3.06. The first kappa shape index (κ1) is 15.3. The zero-order chi connectivity index (χ0) is 14.0. The van der Waals surface area contributed by atoms with Crippen LogP contribution in [0, 0.1) is 0 Å². The van der Waals surface area contributed by atoms with Gasteiger partial charge in [0.2, 0.25) is 0 Å². The third-order valence-electron chi connectivity index (χ3n) is 1.66. The second-order valence-electron chi connectivity index (χ2n) is 3.13. The van der Waals surface area contributed by atoms with E-state index in [2.05, 4.69) is 21.8 Å². The smallest absolute Gasteiger partial charge is 0.376 e. The maximum absolute atomic E-state index is 11.6. The van der Waals surface area contributed by atoms with Crippen molar-refractivity contribution in [3.05, 3.63) is 24.3 Å². The number of hydrogen-bond donors (Lipinski definition) is 5. The normalized spacial score (nSPS) is 14.8. The molecule has 0 saturated carbocycles. The first-order chi connectivity index (χ1) is 8.10. The fourth-order valence-electron chi connectivity index (χ4n) is 1.09. The van der Waals surface area contributed by atoms with Crippen molar-refractivity contribution in [2.75, 3.05) is 5.32 Å². The van der Waals surface area contributed by atoms with E-state index in [-0.39, 0.29) is 10.4 Å². The van der Waals surface area contributed by atoms with Crippen LogP contribution in [-0.2, 0) is 13.4 Å². The fraction of sp³-hybridized carbons (Fsp3) is 0. The standard InChI is InChI=1S/C7H10N2O6P2S/c8-7(18)9-5-2-1-3-6(4-5)16(10,11)15-17(12,13)14/h1-4H,(H,10,11)(H3,8,9,18)(H2,12,13,14). The van der Waals surface area contributed by atoms with Gasteiger partial charge in [-0.05, 0) is 30.4 Å². The summed E-state index contributed by atoms with van der Waals surface area (Å²) in [6.45, 7) is 0. The molecule has 11 heteroatoms. The number of rotatable bonds is 4. The lowest BCUT2D eigenvalue weighted by Crippen LogP contribution is -2.19. The van der Waals surface area contributed by atoms with Crippen LogP contribution >= 0.6 is 27.6 Å². The van der Waals surface area contributed by atoms with Crippen molar-refractivity contribution in [3.63, 3.8) is 0 Å². The van der Waals surface area contributed by atoms with Crippen LogP contribution in [0.25, 0.3) is 0 Å². The van der Waals surface area contributed by atoms with Gasteiger partial charge in [-0.15, -0.1) is 0 Å². The summed E-state index contributed by atoms with van der Waals surface area (Å²) in [6.07, 6.45) is 0. The molecule has 1 aromatic carbocycles. The molecule has 1 rings (SSSR count). The molecule has 0 aliphatic heterocycles. The number of benzene rings is 1. The van der Waals surface area contributed by atoms with E-state index in [1.54, 1.807) is 0 Å². The van der Waals surface area contributed by atoms with Gasteiger partial charge in [-0.2, -0.15) is 0 Å². The van der Waals surface area contributed by atoms with E-state index in [4.69, 9.17) is 15.5 Å². The molecule has 18 heavy (non-hydrogen) atoms. The molecule has 0 aliphatic carbocycles. The molecule has 0 aliphatic rings. The molecular weight excluding hydrogens is 302 g/mol. The lowest BCUT2D eigenvalue weighted by molar-refractivity contribution is 0.268. The van der Waals surface area contributed by atoms with Crippen LogP contribution in [0.4, 0.5) is 5.69 Å². The molecule has 6 N–H and O–H groups in total. The highest BCUT2D eigenvalue weighted by Gasteiger charge is 2.32. The van der Waals surface area contributed by atoms with Crippen molar-refractivity contribution >= 4 is 43.7 Å². The molecular formula is C7H10N2O6P2S. The molecule has 1 unspecified atom stereocenters. The molecule has 0 saturated heterocycles. The number of nitrogens with two attached hydrogens (primary N) is 1. The average molecular weight is 312 g/mol. The van der Waals surface area contributed by atoms with Crippen molar-refractivity contribution < 1.29 is 28.1 Å². The molecule has 0 aromatic heterocycles. The Labute approximate surface area is 108 Å². The third kappa shape index (κ3) is 4.83. The van der Waals surface area contributed by atoms with Gasteiger partial charge in [0.15, 0.2) is 5.11 Å². The van der Waals surface area contributed by atoms with E-state index < -0.39 is 15.4 Å².